The Balaban J connectivity index is 2.67. The Kier molecular flexibility index (Phi) is 5.51. The molecule has 0 aromatic heterocycles. The molecule has 0 spiro atoms. The van der Waals surface area contributed by atoms with Crippen LogP contribution in [0.2, 0.25) is 0 Å². The molecule has 0 aliphatic rings. The minimum Gasteiger partial charge on any atom is -0.462 e. The molecule has 0 saturated heterocycles. The second kappa shape index (κ2) is 6.89. The number of nitrogens with one attached hydrogen (secondary N) is 1. The van der Waals surface area contributed by atoms with Crippen molar-refractivity contribution in [3.8, 4) is 0 Å². The summed E-state index contributed by atoms with van der Waals surface area (Å²) in [5.74, 6) is -0.544. The van der Waals surface area contributed by atoms with E-state index < -0.39 is 6.04 Å². The van der Waals surface area contributed by atoms with Crippen molar-refractivity contribution in [3.63, 3.8) is 0 Å². The monoisotopic (exact) mass is 264 g/mol. The van der Waals surface area contributed by atoms with E-state index in [1.54, 1.807) is 31.2 Å². The zero-order valence-corrected chi connectivity index (χ0v) is 11.5. The number of carbonyl (C=O) groups excluding carboxylic acids is 2. The lowest BCUT2D eigenvalue weighted by molar-refractivity contribution is -0.118. The first-order chi connectivity index (χ1) is 8.95. The molecule has 1 atom stereocenters. The first-order valence-corrected chi connectivity index (χ1v) is 6.29. The molecular formula is C14H20N2O3. The molecule has 1 amide bonds. The maximum atomic E-state index is 11.7. The van der Waals surface area contributed by atoms with Crippen LogP contribution >= 0.6 is 0 Å². The van der Waals surface area contributed by atoms with Crippen molar-refractivity contribution < 1.29 is 14.3 Å². The van der Waals surface area contributed by atoms with Gasteiger partial charge < -0.3 is 15.8 Å². The maximum absolute atomic E-state index is 11.7. The van der Waals surface area contributed by atoms with Gasteiger partial charge in [0.25, 0.3) is 0 Å². The first kappa shape index (κ1) is 15.2. The Morgan fingerprint density at radius 3 is 2.32 bits per heavy atom. The summed E-state index contributed by atoms with van der Waals surface area (Å²) in [6, 6.07) is 5.96. The quantitative estimate of drug-likeness (QED) is 0.794. The summed E-state index contributed by atoms with van der Waals surface area (Å²) < 4.78 is 4.87. The molecule has 5 heteroatoms. The van der Waals surface area contributed by atoms with Gasteiger partial charge in [0, 0.05) is 5.69 Å². The molecule has 0 saturated carbocycles. The number of ether oxygens (including phenoxy) is 1. The van der Waals surface area contributed by atoms with E-state index in [0.29, 0.717) is 17.9 Å². The Morgan fingerprint density at radius 1 is 1.26 bits per heavy atom. The van der Waals surface area contributed by atoms with E-state index >= 15 is 0 Å². The zero-order chi connectivity index (χ0) is 14.4. The number of amides is 1. The standard InChI is InChI=1S/C14H20N2O3/c1-4-19-14(18)10-5-7-11(8-6-10)16-13(17)12(15)9(2)3/h5-9,12H,4,15H2,1-3H3,(H,16,17)/t12-/m0/s1. The minimum absolute atomic E-state index is 0.0683. The molecule has 104 valence electrons. The van der Waals surface area contributed by atoms with Crippen molar-refractivity contribution in [3.05, 3.63) is 29.8 Å². The highest BCUT2D eigenvalue weighted by atomic mass is 16.5. The summed E-state index contributed by atoms with van der Waals surface area (Å²) in [5, 5.41) is 2.71. The summed E-state index contributed by atoms with van der Waals surface area (Å²) in [4.78, 5) is 23.2. The predicted octanol–water partition coefficient (Wildman–Crippen LogP) is 1.79. The molecule has 0 fully saturated rings. The molecule has 0 aliphatic heterocycles. The fourth-order valence-corrected chi connectivity index (χ4v) is 1.43. The Bertz CT molecular complexity index is 441. The molecular weight excluding hydrogens is 244 g/mol. The van der Waals surface area contributed by atoms with Gasteiger partial charge in [-0.3, -0.25) is 4.79 Å². The van der Waals surface area contributed by atoms with Gasteiger partial charge in [-0.25, -0.2) is 4.79 Å². The SMILES string of the molecule is CCOC(=O)c1ccc(NC(=O)[C@@H](N)C(C)C)cc1. The van der Waals surface area contributed by atoms with Crippen LogP contribution in [0.25, 0.3) is 0 Å². The Hall–Kier alpha value is -1.88. The van der Waals surface area contributed by atoms with Gasteiger partial charge in [0.1, 0.15) is 0 Å². The van der Waals surface area contributed by atoms with E-state index in [1.165, 1.54) is 0 Å². The second-order valence-corrected chi connectivity index (χ2v) is 4.56. The largest absolute Gasteiger partial charge is 0.462 e. The number of hydrogen-bond acceptors (Lipinski definition) is 4. The van der Waals surface area contributed by atoms with Crippen LogP contribution in [0.3, 0.4) is 0 Å². The van der Waals surface area contributed by atoms with E-state index in [1.807, 2.05) is 13.8 Å². The van der Waals surface area contributed by atoms with Gasteiger partial charge in [0.2, 0.25) is 5.91 Å². The summed E-state index contributed by atoms with van der Waals surface area (Å²) in [6.45, 7) is 5.85. The highest BCUT2D eigenvalue weighted by Gasteiger charge is 2.17. The number of esters is 1. The predicted molar refractivity (Wildman–Crippen MR) is 73.8 cm³/mol. The van der Waals surface area contributed by atoms with Crippen molar-refractivity contribution in [1.29, 1.82) is 0 Å². The molecule has 19 heavy (non-hydrogen) atoms. The van der Waals surface area contributed by atoms with Crippen LogP contribution in [0.1, 0.15) is 31.1 Å². The third kappa shape index (κ3) is 4.37. The molecule has 0 heterocycles. The lowest BCUT2D eigenvalue weighted by atomic mass is 10.0. The molecule has 5 nitrogen and oxygen atoms in total. The van der Waals surface area contributed by atoms with Crippen LogP contribution < -0.4 is 11.1 Å². The van der Waals surface area contributed by atoms with Gasteiger partial charge in [-0.05, 0) is 37.1 Å². The molecule has 0 aliphatic carbocycles. The molecule has 1 aromatic carbocycles. The van der Waals surface area contributed by atoms with Crippen LogP contribution in [0.15, 0.2) is 24.3 Å². The minimum atomic E-state index is -0.551. The molecule has 1 aromatic rings. The number of anilines is 1. The van der Waals surface area contributed by atoms with Crippen molar-refractivity contribution >= 4 is 17.6 Å². The Morgan fingerprint density at radius 2 is 1.84 bits per heavy atom. The average molecular weight is 264 g/mol. The van der Waals surface area contributed by atoms with E-state index in [9.17, 15) is 9.59 Å². The highest BCUT2D eigenvalue weighted by Crippen LogP contribution is 2.11. The van der Waals surface area contributed by atoms with Crippen LogP contribution in [0.4, 0.5) is 5.69 Å². The summed E-state index contributed by atoms with van der Waals surface area (Å²) >= 11 is 0. The molecule has 0 radical (unpaired) electrons. The molecule has 1 rings (SSSR count). The third-order valence-corrected chi connectivity index (χ3v) is 2.68. The summed E-state index contributed by atoms with van der Waals surface area (Å²) in [5.41, 5.74) is 6.80. The number of benzene rings is 1. The van der Waals surface area contributed by atoms with Gasteiger partial charge >= 0.3 is 5.97 Å². The summed E-state index contributed by atoms with van der Waals surface area (Å²) in [7, 11) is 0. The van der Waals surface area contributed by atoms with Gasteiger partial charge in [-0.15, -0.1) is 0 Å². The van der Waals surface area contributed by atoms with Crippen molar-refractivity contribution in [1.82, 2.24) is 0 Å². The lowest BCUT2D eigenvalue weighted by Crippen LogP contribution is -2.39. The molecule has 0 unspecified atom stereocenters. The van der Waals surface area contributed by atoms with Crippen LogP contribution in [-0.2, 0) is 9.53 Å². The lowest BCUT2D eigenvalue weighted by Gasteiger charge is -2.15. The topological polar surface area (TPSA) is 81.4 Å². The fourth-order valence-electron chi connectivity index (χ4n) is 1.43. The van der Waals surface area contributed by atoms with Crippen molar-refractivity contribution in [2.45, 2.75) is 26.8 Å². The van der Waals surface area contributed by atoms with Gasteiger partial charge in [-0.2, -0.15) is 0 Å². The number of carbonyl (C=O) groups is 2. The second-order valence-electron chi connectivity index (χ2n) is 4.56. The number of hydrogen-bond donors (Lipinski definition) is 2. The van der Waals surface area contributed by atoms with Crippen LogP contribution in [0.5, 0.6) is 0 Å². The van der Waals surface area contributed by atoms with E-state index in [0.717, 1.165) is 0 Å². The van der Waals surface area contributed by atoms with Gasteiger partial charge in [0.15, 0.2) is 0 Å². The normalized spacial score (nSPS) is 12.1. The highest BCUT2D eigenvalue weighted by molar-refractivity contribution is 5.95. The van der Waals surface area contributed by atoms with E-state index in [4.69, 9.17) is 10.5 Å². The van der Waals surface area contributed by atoms with Crippen LogP contribution in [-0.4, -0.2) is 24.5 Å². The average Bonchev–Trinajstić information content (AvgIpc) is 2.38. The smallest absolute Gasteiger partial charge is 0.338 e. The van der Waals surface area contributed by atoms with Crippen molar-refractivity contribution in [2.75, 3.05) is 11.9 Å². The third-order valence-electron chi connectivity index (χ3n) is 2.68. The first-order valence-electron chi connectivity index (χ1n) is 6.29. The van der Waals surface area contributed by atoms with Gasteiger partial charge in [-0.1, -0.05) is 13.8 Å². The number of nitrogens with two attached hydrogens (primary N) is 1. The van der Waals surface area contributed by atoms with Gasteiger partial charge in [0.05, 0.1) is 18.2 Å². The molecule has 3 N–H and O–H groups in total. The maximum Gasteiger partial charge on any atom is 0.338 e. The van der Waals surface area contributed by atoms with Crippen molar-refractivity contribution in [2.24, 2.45) is 11.7 Å². The Labute approximate surface area is 113 Å². The summed E-state index contributed by atoms with van der Waals surface area (Å²) in [6.07, 6.45) is 0. The van der Waals surface area contributed by atoms with E-state index in [-0.39, 0.29) is 17.8 Å². The zero-order valence-electron chi connectivity index (χ0n) is 11.5. The molecule has 0 bridgehead atoms. The number of rotatable bonds is 5. The van der Waals surface area contributed by atoms with Crippen LogP contribution in [0, 0.1) is 5.92 Å². The fraction of sp³-hybridized carbons (Fsp3) is 0.429. The van der Waals surface area contributed by atoms with E-state index in [2.05, 4.69) is 5.32 Å².